The van der Waals surface area contributed by atoms with Gasteiger partial charge >= 0.3 is 6.18 Å². The summed E-state index contributed by atoms with van der Waals surface area (Å²) < 4.78 is 44.9. The first-order valence-electron chi connectivity index (χ1n) is 6.17. The highest BCUT2D eigenvalue weighted by molar-refractivity contribution is 6.29. The summed E-state index contributed by atoms with van der Waals surface area (Å²) in [6.45, 7) is 4.51. The highest BCUT2D eigenvalue weighted by Gasteiger charge is 2.41. The van der Waals surface area contributed by atoms with Gasteiger partial charge in [-0.2, -0.15) is 13.2 Å². The zero-order chi connectivity index (χ0) is 16.4. The van der Waals surface area contributed by atoms with Crippen LogP contribution in [0.4, 0.5) is 18.9 Å². The fourth-order valence-corrected chi connectivity index (χ4v) is 2.15. The number of carbonyl (C=O) groups is 1. The van der Waals surface area contributed by atoms with E-state index in [9.17, 15) is 18.0 Å². The molecule has 0 atom stereocenters. The molecular formula is C14H17ClF3NO2. The van der Waals surface area contributed by atoms with Gasteiger partial charge in [0, 0.05) is 7.11 Å². The SMILES string of the molecule is COC(C)(C)N(C(=O)CCl)c1c(C)cccc1C(F)(F)F. The number of halogens is 4. The predicted octanol–water partition coefficient (Wildman–Crippen LogP) is 3.97. The second-order valence-corrected chi connectivity index (χ2v) is 5.25. The largest absolute Gasteiger partial charge is 0.418 e. The molecule has 0 aromatic heterocycles. The summed E-state index contributed by atoms with van der Waals surface area (Å²) in [5.41, 5.74) is -2.08. The normalized spacial score (nSPS) is 12.4. The highest BCUT2D eigenvalue weighted by atomic mass is 35.5. The van der Waals surface area contributed by atoms with Crippen molar-refractivity contribution in [3.05, 3.63) is 29.3 Å². The maximum atomic E-state index is 13.2. The molecule has 0 unspecified atom stereocenters. The third-order valence-electron chi connectivity index (χ3n) is 3.17. The van der Waals surface area contributed by atoms with Crippen LogP contribution < -0.4 is 4.90 Å². The smallest absolute Gasteiger partial charge is 0.359 e. The molecule has 0 aliphatic heterocycles. The van der Waals surface area contributed by atoms with E-state index >= 15 is 0 Å². The lowest BCUT2D eigenvalue weighted by Crippen LogP contribution is -2.51. The maximum absolute atomic E-state index is 13.2. The number of nitrogens with zero attached hydrogens (tertiary/aromatic N) is 1. The molecule has 1 aromatic rings. The van der Waals surface area contributed by atoms with Crippen molar-refractivity contribution in [2.24, 2.45) is 0 Å². The van der Waals surface area contributed by atoms with Crippen LogP contribution in [0.1, 0.15) is 25.0 Å². The van der Waals surface area contributed by atoms with Gasteiger partial charge in [-0.3, -0.25) is 9.69 Å². The van der Waals surface area contributed by atoms with Gasteiger partial charge in [0.25, 0.3) is 0 Å². The Balaban J connectivity index is 3.63. The molecule has 1 amide bonds. The van der Waals surface area contributed by atoms with Crippen molar-refractivity contribution >= 4 is 23.2 Å². The number of hydrogen-bond donors (Lipinski definition) is 0. The van der Waals surface area contributed by atoms with Gasteiger partial charge in [-0.25, -0.2) is 0 Å². The molecular weight excluding hydrogens is 307 g/mol. The Hall–Kier alpha value is -1.27. The summed E-state index contributed by atoms with van der Waals surface area (Å²) in [6.07, 6.45) is -4.59. The lowest BCUT2D eigenvalue weighted by molar-refractivity contribution is -0.137. The first-order valence-corrected chi connectivity index (χ1v) is 6.70. The molecule has 3 nitrogen and oxygen atoms in total. The van der Waals surface area contributed by atoms with E-state index in [1.165, 1.54) is 40.0 Å². The van der Waals surface area contributed by atoms with Gasteiger partial charge in [-0.05, 0) is 32.4 Å². The molecule has 0 heterocycles. The van der Waals surface area contributed by atoms with E-state index in [1.54, 1.807) is 0 Å². The summed E-state index contributed by atoms with van der Waals surface area (Å²) >= 11 is 5.55. The maximum Gasteiger partial charge on any atom is 0.418 e. The summed E-state index contributed by atoms with van der Waals surface area (Å²) in [6, 6.07) is 3.73. The number of hydrogen-bond acceptors (Lipinski definition) is 2. The molecule has 0 saturated carbocycles. The summed E-state index contributed by atoms with van der Waals surface area (Å²) in [5.74, 6) is -1.11. The van der Waals surface area contributed by atoms with E-state index in [4.69, 9.17) is 16.3 Å². The average Bonchev–Trinajstić information content (AvgIpc) is 2.39. The van der Waals surface area contributed by atoms with Gasteiger partial charge in [0.2, 0.25) is 5.91 Å². The van der Waals surface area contributed by atoms with E-state index in [2.05, 4.69) is 0 Å². The molecule has 0 bridgehead atoms. The van der Waals surface area contributed by atoms with E-state index in [0.29, 0.717) is 5.56 Å². The predicted molar refractivity (Wildman–Crippen MR) is 75.5 cm³/mol. The number of aryl methyl sites for hydroxylation is 1. The van der Waals surface area contributed by atoms with Crippen molar-refractivity contribution in [3.8, 4) is 0 Å². The van der Waals surface area contributed by atoms with Crippen LogP contribution in [0.2, 0.25) is 0 Å². The van der Waals surface area contributed by atoms with E-state index < -0.39 is 29.3 Å². The molecule has 0 radical (unpaired) electrons. The topological polar surface area (TPSA) is 29.5 Å². The fourth-order valence-electron chi connectivity index (χ4n) is 2.03. The number of ether oxygens (including phenoxy) is 1. The van der Waals surface area contributed by atoms with Crippen molar-refractivity contribution in [1.29, 1.82) is 0 Å². The Labute approximate surface area is 126 Å². The monoisotopic (exact) mass is 323 g/mol. The van der Waals surface area contributed by atoms with Crippen molar-refractivity contribution in [2.75, 3.05) is 17.9 Å². The van der Waals surface area contributed by atoms with Crippen molar-refractivity contribution in [2.45, 2.75) is 32.7 Å². The number of para-hydroxylation sites is 1. The molecule has 21 heavy (non-hydrogen) atoms. The minimum atomic E-state index is -4.59. The van der Waals surface area contributed by atoms with E-state index in [1.807, 2.05) is 0 Å². The third kappa shape index (κ3) is 3.68. The van der Waals surface area contributed by atoms with Gasteiger partial charge < -0.3 is 4.74 Å². The van der Waals surface area contributed by atoms with Crippen LogP contribution in [0.25, 0.3) is 0 Å². The molecule has 1 aromatic carbocycles. The number of rotatable bonds is 4. The van der Waals surface area contributed by atoms with Gasteiger partial charge in [0.05, 0.1) is 11.3 Å². The summed E-state index contributed by atoms with van der Waals surface area (Å²) in [7, 11) is 1.32. The molecule has 0 aliphatic rings. The fraction of sp³-hybridized carbons (Fsp3) is 0.500. The molecule has 0 fully saturated rings. The van der Waals surface area contributed by atoms with Crippen LogP contribution in [0.3, 0.4) is 0 Å². The lowest BCUT2D eigenvalue weighted by atomic mass is 10.0. The Bertz CT molecular complexity index is 529. The second kappa shape index (κ2) is 6.23. The Morgan fingerprint density at radius 2 is 1.90 bits per heavy atom. The quantitative estimate of drug-likeness (QED) is 0.620. The number of methoxy groups -OCH3 is 1. The summed E-state index contributed by atoms with van der Waals surface area (Å²) in [4.78, 5) is 13.1. The van der Waals surface area contributed by atoms with Crippen LogP contribution in [0.5, 0.6) is 0 Å². The van der Waals surface area contributed by atoms with Crippen LogP contribution in [-0.2, 0) is 15.7 Å². The van der Waals surface area contributed by atoms with Crippen molar-refractivity contribution in [1.82, 2.24) is 0 Å². The number of alkyl halides is 4. The number of amides is 1. The number of anilines is 1. The molecule has 118 valence electrons. The first-order chi connectivity index (χ1) is 9.56. The zero-order valence-corrected chi connectivity index (χ0v) is 13.0. The third-order valence-corrected chi connectivity index (χ3v) is 3.40. The number of carbonyl (C=O) groups excluding carboxylic acids is 1. The molecule has 7 heteroatoms. The Morgan fingerprint density at radius 1 is 1.33 bits per heavy atom. The molecule has 1 rings (SSSR count). The highest BCUT2D eigenvalue weighted by Crippen LogP contribution is 2.41. The van der Waals surface area contributed by atoms with Crippen LogP contribution >= 0.6 is 11.6 Å². The second-order valence-electron chi connectivity index (χ2n) is 4.98. The van der Waals surface area contributed by atoms with Gasteiger partial charge in [0.1, 0.15) is 11.6 Å². The Morgan fingerprint density at radius 3 is 2.33 bits per heavy atom. The lowest BCUT2D eigenvalue weighted by Gasteiger charge is -2.39. The summed E-state index contributed by atoms with van der Waals surface area (Å²) in [5, 5.41) is 0. The van der Waals surface area contributed by atoms with Crippen LogP contribution in [0.15, 0.2) is 18.2 Å². The van der Waals surface area contributed by atoms with Gasteiger partial charge in [-0.15, -0.1) is 11.6 Å². The van der Waals surface area contributed by atoms with Gasteiger partial charge in [-0.1, -0.05) is 12.1 Å². The molecule has 0 N–H and O–H groups in total. The van der Waals surface area contributed by atoms with Crippen LogP contribution in [0, 0.1) is 6.92 Å². The van der Waals surface area contributed by atoms with Crippen LogP contribution in [-0.4, -0.2) is 24.6 Å². The standard InChI is InChI=1S/C14H17ClF3NO2/c1-9-6-5-7-10(14(16,17)18)12(9)19(11(20)8-15)13(2,3)21-4/h5-7H,8H2,1-4H3. The van der Waals surface area contributed by atoms with Crippen molar-refractivity contribution < 1.29 is 22.7 Å². The van der Waals surface area contributed by atoms with E-state index in [0.717, 1.165) is 11.0 Å². The Kier molecular flexibility index (Phi) is 5.28. The molecule has 0 aliphatic carbocycles. The zero-order valence-electron chi connectivity index (χ0n) is 12.2. The average molecular weight is 324 g/mol. The first kappa shape index (κ1) is 17.8. The minimum absolute atomic E-state index is 0.234. The van der Waals surface area contributed by atoms with E-state index in [-0.39, 0.29) is 5.69 Å². The molecule has 0 saturated heterocycles. The van der Waals surface area contributed by atoms with Crippen molar-refractivity contribution in [3.63, 3.8) is 0 Å². The van der Waals surface area contributed by atoms with Gasteiger partial charge in [0.15, 0.2) is 0 Å². The molecule has 0 spiro atoms. The minimum Gasteiger partial charge on any atom is -0.359 e. The number of benzene rings is 1.